The Morgan fingerprint density at radius 3 is 2.71 bits per heavy atom. The van der Waals surface area contributed by atoms with E-state index in [2.05, 4.69) is 15.3 Å². The van der Waals surface area contributed by atoms with Crippen molar-refractivity contribution in [3.63, 3.8) is 0 Å². The molecule has 1 aliphatic rings. The van der Waals surface area contributed by atoms with Crippen LogP contribution in [0.15, 0.2) is 18.3 Å². The number of rotatable bonds is 4. The van der Waals surface area contributed by atoms with Crippen LogP contribution in [0.5, 0.6) is 0 Å². The number of aryl methyl sites for hydroxylation is 1. The second-order valence-corrected chi connectivity index (χ2v) is 8.36. The molecule has 0 bridgehead atoms. The summed E-state index contributed by atoms with van der Waals surface area (Å²) in [5, 5.41) is 31.7. The van der Waals surface area contributed by atoms with Crippen LogP contribution in [-0.2, 0) is 19.1 Å². The van der Waals surface area contributed by atoms with Crippen LogP contribution in [-0.4, -0.2) is 67.4 Å². The molecule has 0 spiro atoms. The van der Waals surface area contributed by atoms with Gasteiger partial charge in [0, 0.05) is 17.8 Å². The molecule has 3 rings (SSSR count). The van der Waals surface area contributed by atoms with Gasteiger partial charge in [-0.15, -0.1) is 10.2 Å². The number of hydrogen-bond acceptors (Lipinski definition) is 9. The van der Waals surface area contributed by atoms with Crippen molar-refractivity contribution < 1.29 is 24.2 Å². The van der Waals surface area contributed by atoms with Gasteiger partial charge in [-0.05, 0) is 34.6 Å². The van der Waals surface area contributed by atoms with Gasteiger partial charge in [0.1, 0.15) is 11.7 Å². The zero-order chi connectivity index (χ0) is 23.0. The molecule has 11 nitrogen and oxygen atoms in total. The van der Waals surface area contributed by atoms with Gasteiger partial charge in [0.05, 0.1) is 25.0 Å². The fourth-order valence-electron chi connectivity index (χ4n) is 3.08. The molecule has 1 fully saturated rings. The van der Waals surface area contributed by atoms with Crippen molar-refractivity contribution >= 4 is 17.7 Å². The molecule has 0 aliphatic carbocycles. The monoisotopic (exact) mass is 428 g/mol. The SMILES string of the molecule is Cc1cc(N2CCO[C@H](C(C)(O)C(=O)OC(C)(C)C)C2=O)nn1-c1cnnc(C#N)c1. The smallest absolute Gasteiger partial charge is 0.341 e. The zero-order valence-corrected chi connectivity index (χ0v) is 18.0. The number of morpholine rings is 1. The van der Waals surface area contributed by atoms with Gasteiger partial charge in [0.15, 0.2) is 23.2 Å². The third-order valence-corrected chi connectivity index (χ3v) is 4.56. The quantitative estimate of drug-likeness (QED) is 0.695. The highest BCUT2D eigenvalue weighted by Crippen LogP contribution is 2.27. The summed E-state index contributed by atoms with van der Waals surface area (Å²) in [5.74, 6) is -1.25. The van der Waals surface area contributed by atoms with Gasteiger partial charge >= 0.3 is 5.97 Å². The number of carbonyl (C=O) groups excluding carboxylic acids is 2. The fraction of sp³-hybridized carbons (Fsp3) is 0.500. The van der Waals surface area contributed by atoms with E-state index >= 15 is 0 Å². The van der Waals surface area contributed by atoms with Crippen LogP contribution in [0, 0.1) is 18.3 Å². The molecule has 2 aromatic heterocycles. The molecule has 1 aliphatic heterocycles. The third-order valence-electron chi connectivity index (χ3n) is 4.56. The molecule has 1 saturated heterocycles. The van der Waals surface area contributed by atoms with Gasteiger partial charge in [-0.3, -0.25) is 9.69 Å². The summed E-state index contributed by atoms with van der Waals surface area (Å²) < 4.78 is 12.2. The molecule has 0 saturated carbocycles. The number of amides is 1. The van der Waals surface area contributed by atoms with Crippen LogP contribution in [0.1, 0.15) is 39.1 Å². The lowest BCUT2D eigenvalue weighted by Crippen LogP contribution is -2.61. The maximum Gasteiger partial charge on any atom is 0.341 e. The van der Waals surface area contributed by atoms with E-state index in [4.69, 9.17) is 14.7 Å². The number of esters is 1. The Morgan fingerprint density at radius 1 is 1.35 bits per heavy atom. The van der Waals surface area contributed by atoms with E-state index in [1.807, 2.05) is 6.07 Å². The molecule has 1 N–H and O–H groups in total. The van der Waals surface area contributed by atoms with E-state index in [1.54, 1.807) is 33.8 Å². The van der Waals surface area contributed by atoms with E-state index in [0.29, 0.717) is 17.2 Å². The van der Waals surface area contributed by atoms with Crippen molar-refractivity contribution in [1.82, 2.24) is 20.0 Å². The van der Waals surface area contributed by atoms with Crippen molar-refractivity contribution in [3.05, 3.63) is 29.7 Å². The largest absolute Gasteiger partial charge is 0.458 e. The lowest BCUT2D eigenvalue weighted by atomic mass is 9.96. The van der Waals surface area contributed by atoms with E-state index in [-0.39, 0.29) is 18.8 Å². The van der Waals surface area contributed by atoms with Crippen LogP contribution >= 0.6 is 0 Å². The third kappa shape index (κ3) is 4.55. The molecular weight excluding hydrogens is 404 g/mol. The highest BCUT2D eigenvalue weighted by atomic mass is 16.6. The predicted octanol–water partition coefficient (Wildman–Crippen LogP) is 0.667. The summed E-state index contributed by atoms with van der Waals surface area (Å²) >= 11 is 0. The summed E-state index contributed by atoms with van der Waals surface area (Å²) in [6, 6.07) is 5.11. The Morgan fingerprint density at radius 2 is 2.06 bits per heavy atom. The Balaban J connectivity index is 1.88. The molecule has 31 heavy (non-hydrogen) atoms. The standard InChI is InChI=1S/C20H24N6O5/c1-12-8-15(24-26(12)14-9-13(10-21)23-22-11-14)25-6-7-30-16(17(25)27)20(5,29)18(28)31-19(2,3)4/h8-9,11,16,29H,6-7H2,1-5H3/t16-,20?/m0/s1. The molecule has 1 amide bonds. The molecule has 2 atom stereocenters. The average Bonchev–Trinajstić information content (AvgIpc) is 3.08. The minimum absolute atomic E-state index is 0.0939. The van der Waals surface area contributed by atoms with E-state index < -0.39 is 29.2 Å². The number of aliphatic hydroxyl groups is 1. The maximum absolute atomic E-state index is 13.1. The molecule has 1 unspecified atom stereocenters. The predicted molar refractivity (Wildman–Crippen MR) is 107 cm³/mol. The summed E-state index contributed by atoms with van der Waals surface area (Å²) in [7, 11) is 0. The fourth-order valence-corrected chi connectivity index (χ4v) is 3.08. The van der Waals surface area contributed by atoms with Gasteiger partial charge in [0.25, 0.3) is 5.91 Å². The van der Waals surface area contributed by atoms with Gasteiger partial charge in [-0.2, -0.15) is 10.4 Å². The lowest BCUT2D eigenvalue weighted by molar-refractivity contribution is -0.194. The zero-order valence-electron chi connectivity index (χ0n) is 18.0. The first-order chi connectivity index (χ1) is 14.4. The molecular formula is C20H24N6O5. The lowest BCUT2D eigenvalue weighted by Gasteiger charge is -2.38. The van der Waals surface area contributed by atoms with Gasteiger partial charge in [-0.1, -0.05) is 0 Å². The number of nitrogens with zero attached hydrogens (tertiary/aromatic N) is 6. The topological polar surface area (TPSA) is 143 Å². The Hall–Kier alpha value is -3.36. The van der Waals surface area contributed by atoms with Gasteiger partial charge in [0.2, 0.25) is 0 Å². The van der Waals surface area contributed by atoms with Crippen LogP contribution in [0.25, 0.3) is 5.69 Å². The second-order valence-electron chi connectivity index (χ2n) is 8.36. The van der Waals surface area contributed by atoms with E-state index in [9.17, 15) is 14.7 Å². The molecule has 11 heteroatoms. The van der Waals surface area contributed by atoms with Crippen molar-refractivity contribution in [1.29, 1.82) is 5.26 Å². The normalized spacial score (nSPS) is 18.9. The van der Waals surface area contributed by atoms with Crippen LogP contribution < -0.4 is 4.90 Å². The van der Waals surface area contributed by atoms with Crippen LogP contribution in [0.3, 0.4) is 0 Å². The van der Waals surface area contributed by atoms with E-state index in [0.717, 1.165) is 0 Å². The number of anilines is 1. The van der Waals surface area contributed by atoms with Crippen molar-refractivity contribution in [3.8, 4) is 11.8 Å². The second kappa shape index (κ2) is 8.05. The molecule has 2 aromatic rings. The van der Waals surface area contributed by atoms with Crippen LogP contribution in [0.2, 0.25) is 0 Å². The molecule has 164 valence electrons. The minimum atomic E-state index is -2.18. The summed E-state index contributed by atoms with van der Waals surface area (Å²) in [6.07, 6.45) is -0.00340. The minimum Gasteiger partial charge on any atom is -0.458 e. The summed E-state index contributed by atoms with van der Waals surface area (Å²) in [4.78, 5) is 27.0. The summed E-state index contributed by atoms with van der Waals surface area (Å²) in [6.45, 7) is 8.25. The Labute approximate surface area is 179 Å². The van der Waals surface area contributed by atoms with E-state index in [1.165, 1.54) is 28.8 Å². The Bertz CT molecular complexity index is 1050. The summed E-state index contributed by atoms with van der Waals surface area (Å²) in [5.41, 5.74) is -1.70. The van der Waals surface area contributed by atoms with Crippen molar-refractivity contribution in [2.75, 3.05) is 18.1 Å². The van der Waals surface area contributed by atoms with Crippen LogP contribution in [0.4, 0.5) is 5.82 Å². The number of aromatic nitrogens is 4. The van der Waals surface area contributed by atoms with Crippen molar-refractivity contribution in [2.45, 2.75) is 51.9 Å². The molecule has 0 radical (unpaired) electrons. The first-order valence-corrected chi connectivity index (χ1v) is 9.62. The highest BCUT2D eigenvalue weighted by Gasteiger charge is 2.50. The molecule has 0 aromatic carbocycles. The highest BCUT2D eigenvalue weighted by molar-refractivity contribution is 6.01. The number of nitriles is 1. The number of hydrogen-bond donors (Lipinski definition) is 1. The Kier molecular flexibility index (Phi) is 5.80. The maximum atomic E-state index is 13.1. The average molecular weight is 428 g/mol. The number of carbonyl (C=O) groups is 2. The molecule has 3 heterocycles. The first-order valence-electron chi connectivity index (χ1n) is 9.62. The number of ether oxygens (including phenoxy) is 2. The first kappa shape index (κ1) is 22.3. The van der Waals surface area contributed by atoms with Gasteiger partial charge < -0.3 is 14.6 Å². The van der Waals surface area contributed by atoms with Crippen molar-refractivity contribution in [2.24, 2.45) is 0 Å². The van der Waals surface area contributed by atoms with Gasteiger partial charge in [-0.25, -0.2) is 9.48 Å².